The quantitative estimate of drug-likeness (QED) is 0.804. The lowest BCUT2D eigenvalue weighted by molar-refractivity contribution is 0.00240. The van der Waals surface area contributed by atoms with Crippen LogP contribution in [0.4, 0.5) is 0 Å². The number of nitrogens with zero attached hydrogens (tertiary/aromatic N) is 2. The van der Waals surface area contributed by atoms with Gasteiger partial charge in [-0.15, -0.1) is 0 Å². The average Bonchev–Trinajstić information content (AvgIpc) is 2.27. The molecule has 84 valence electrons. The van der Waals surface area contributed by atoms with E-state index in [-0.39, 0.29) is 5.60 Å². The van der Waals surface area contributed by atoms with Crippen molar-refractivity contribution in [3.05, 3.63) is 24.3 Å². The van der Waals surface area contributed by atoms with E-state index in [9.17, 15) is 5.11 Å². The number of ether oxygens (including phenoxy) is 1. The van der Waals surface area contributed by atoms with Crippen molar-refractivity contribution in [2.75, 3.05) is 7.11 Å². The van der Waals surface area contributed by atoms with Crippen LogP contribution in [0.5, 0.6) is 0 Å². The van der Waals surface area contributed by atoms with Gasteiger partial charge in [0.1, 0.15) is 6.33 Å². The molecule has 4 nitrogen and oxygen atoms in total. The maximum atomic E-state index is 9.83. The summed E-state index contributed by atoms with van der Waals surface area (Å²) in [6.07, 6.45) is 3.96. The minimum Gasteiger partial charge on any atom is -0.387 e. The lowest BCUT2D eigenvalue weighted by Gasteiger charge is -2.23. The van der Waals surface area contributed by atoms with E-state index in [4.69, 9.17) is 4.74 Å². The second-order valence-electron chi connectivity index (χ2n) is 4.15. The van der Waals surface area contributed by atoms with Gasteiger partial charge in [-0.3, -0.25) is 0 Å². The van der Waals surface area contributed by atoms with Crippen molar-refractivity contribution in [2.45, 2.75) is 38.4 Å². The van der Waals surface area contributed by atoms with E-state index in [0.29, 0.717) is 12.1 Å². The molecule has 0 amide bonds. The van der Waals surface area contributed by atoms with E-state index in [0.717, 1.165) is 6.42 Å². The Bertz CT molecular complexity index is 288. The lowest BCUT2D eigenvalue weighted by Crippen LogP contribution is -2.23. The van der Waals surface area contributed by atoms with E-state index in [1.807, 2.05) is 13.8 Å². The first-order valence-corrected chi connectivity index (χ1v) is 5.04. The van der Waals surface area contributed by atoms with Crippen LogP contribution in [0.15, 0.2) is 18.6 Å². The highest BCUT2D eigenvalue weighted by molar-refractivity contribution is 5.01. The van der Waals surface area contributed by atoms with Crippen LogP contribution in [0, 0.1) is 0 Å². The van der Waals surface area contributed by atoms with Gasteiger partial charge in [-0.25, -0.2) is 9.97 Å². The largest absolute Gasteiger partial charge is 0.387 e. The van der Waals surface area contributed by atoms with Crippen LogP contribution in [0.3, 0.4) is 0 Å². The van der Waals surface area contributed by atoms with Gasteiger partial charge in [0.25, 0.3) is 0 Å². The van der Waals surface area contributed by atoms with Crippen LogP contribution < -0.4 is 0 Å². The van der Waals surface area contributed by atoms with Crippen LogP contribution >= 0.6 is 0 Å². The molecule has 0 aliphatic rings. The Morgan fingerprint density at radius 3 is 2.80 bits per heavy atom. The van der Waals surface area contributed by atoms with Crippen molar-refractivity contribution < 1.29 is 9.84 Å². The zero-order valence-corrected chi connectivity index (χ0v) is 9.47. The van der Waals surface area contributed by atoms with Crippen LogP contribution in [-0.2, 0) is 4.74 Å². The molecule has 0 aliphatic heterocycles. The van der Waals surface area contributed by atoms with Gasteiger partial charge in [0.15, 0.2) is 0 Å². The summed E-state index contributed by atoms with van der Waals surface area (Å²) in [4.78, 5) is 7.81. The maximum absolute atomic E-state index is 9.83. The Balaban J connectivity index is 2.47. The minimum atomic E-state index is -0.539. The number of aliphatic hydroxyl groups excluding tert-OH is 1. The zero-order valence-electron chi connectivity index (χ0n) is 9.47. The molecule has 1 atom stereocenters. The molecule has 1 N–H and O–H groups in total. The molecule has 1 aromatic rings. The first-order valence-electron chi connectivity index (χ1n) is 5.04. The normalized spacial score (nSPS) is 13.9. The Morgan fingerprint density at radius 2 is 2.27 bits per heavy atom. The van der Waals surface area contributed by atoms with Crippen LogP contribution in [-0.4, -0.2) is 27.8 Å². The molecular weight excluding hydrogens is 192 g/mol. The van der Waals surface area contributed by atoms with Gasteiger partial charge >= 0.3 is 0 Å². The molecule has 0 spiro atoms. The van der Waals surface area contributed by atoms with Gasteiger partial charge < -0.3 is 9.84 Å². The number of hydrogen-bond acceptors (Lipinski definition) is 4. The highest BCUT2D eigenvalue weighted by Gasteiger charge is 2.19. The summed E-state index contributed by atoms with van der Waals surface area (Å²) in [6, 6.07) is 1.73. The summed E-state index contributed by atoms with van der Waals surface area (Å²) >= 11 is 0. The molecule has 0 saturated carbocycles. The molecule has 0 saturated heterocycles. The number of hydrogen-bond donors (Lipinski definition) is 1. The minimum absolute atomic E-state index is 0.200. The van der Waals surface area contributed by atoms with Crippen molar-refractivity contribution in [2.24, 2.45) is 0 Å². The van der Waals surface area contributed by atoms with Gasteiger partial charge in [0, 0.05) is 13.3 Å². The predicted molar refractivity (Wildman–Crippen MR) is 57.3 cm³/mol. The second-order valence-corrected chi connectivity index (χ2v) is 4.15. The van der Waals surface area contributed by atoms with Gasteiger partial charge in [-0.2, -0.15) is 0 Å². The summed E-state index contributed by atoms with van der Waals surface area (Å²) in [5.41, 5.74) is 0.463. The zero-order chi connectivity index (χ0) is 11.3. The predicted octanol–water partition coefficient (Wildman–Crippen LogP) is 1.72. The van der Waals surface area contributed by atoms with Crippen molar-refractivity contribution in [1.82, 2.24) is 9.97 Å². The lowest BCUT2D eigenvalue weighted by atomic mass is 9.99. The van der Waals surface area contributed by atoms with Gasteiger partial charge in [-0.05, 0) is 32.8 Å². The van der Waals surface area contributed by atoms with Gasteiger partial charge in [0.2, 0.25) is 0 Å². The molecule has 1 unspecified atom stereocenters. The van der Waals surface area contributed by atoms with E-state index in [2.05, 4.69) is 9.97 Å². The molecule has 4 heteroatoms. The molecule has 0 fully saturated rings. The number of methoxy groups -OCH3 is 1. The van der Waals surface area contributed by atoms with E-state index >= 15 is 0 Å². The second kappa shape index (κ2) is 5.19. The smallest absolute Gasteiger partial charge is 0.115 e. The molecule has 0 aromatic carbocycles. The fourth-order valence-corrected chi connectivity index (χ4v) is 1.23. The summed E-state index contributed by atoms with van der Waals surface area (Å²) < 4.78 is 5.28. The van der Waals surface area contributed by atoms with Crippen molar-refractivity contribution in [3.63, 3.8) is 0 Å². The fourth-order valence-electron chi connectivity index (χ4n) is 1.23. The molecule has 0 radical (unpaired) electrons. The molecule has 1 rings (SSSR count). The third-order valence-corrected chi connectivity index (χ3v) is 2.52. The van der Waals surface area contributed by atoms with Gasteiger partial charge in [-0.1, -0.05) is 0 Å². The Hall–Kier alpha value is -1.00. The monoisotopic (exact) mass is 210 g/mol. The summed E-state index contributed by atoms with van der Waals surface area (Å²) in [5, 5.41) is 9.83. The van der Waals surface area contributed by atoms with Crippen molar-refractivity contribution >= 4 is 0 Å². The number of rotatable bonds is 5. The van der Waals surface area contributed by atoms with Gasteiger partial charge in [0.05, 0.1) is 17.4 Å². The van der Waals surface area contributed by atoms with Crippen LogP contribution in [0.2, 0.25) is 0 Å². The molecule has 1 aromatic heterocycles. The van der Waals surface area contributed by atoms with E-state index in [1.54, 1.807) is 19.4 Å². The third kappa shape index (κ3) is 3.93. The van der Waals surface area contributed by atoms with E-state index < -0.39 is 6.10 Å². The standard InChI is InChI=1S/C11H18N2O2/c1-11(2,15-3)6-4-10(14)9-5-7-12-8-13-9/h5,7-8,10,14H,4,6H2,1-3H3. The highest BCUT2D eigenvalue weighted by Crippen LogP contribution is 2.22. The summed E-state index contributed by atoms with van der Waals surface area (Å²) in [6.45, 7) is 4.00. The number of aliphatic hydroxyl groups is 1. The summed E-state index contributed by atoms with van der Waals surface area (Å²) in [5.74, 6) is 0. The summed E-state index contributed by atoms with van der Waals surface area (Å²) in [7, 11) is 1.68. The molecule has 15 heavy (non-hydrogen) atoms. The van der Waals surface area contributed by atoms with Crippen LogP contribution in [0.1, 0.15) is 38.5 Å². The first-order chi connectivity index (χ1) is 7.05. The fraction of sp³-hybridized carbons (Fsp3) is 0.636. The Labute approximate surface area is 90.3 Å². The topological polar surface area (TPSA) is 55.2 Å². The SMILES string of the molecule is COC(C)(C)CCC(O)c1ccncn1. The number of aromatic nitrogens is 2. The highest BCUT2D eigenvalue weighted by atomic mass is 16.5. The molecular formula is C11H18N2O2. The average molecular weight is 210 g/mol. The first kappa shape index (κ1) is 12.1. The van der Waals surface area contributed by atoms with Crippen molar-refractivity contribution in [1.29, 1.82) is 0 Å². The van der Waals surface area contributed by atoms with E-state index in [1.165, 1.54) is 6.33 Å². The molecule has 0 bridgehead atoms. The Morgan fingerprint density at radius 1 is 1.53 bits per heavy atom. The van der Waals surface area contributed by atoms with Crippen molar-refractivity contribution in [3.8, 4) is 0 Å². The Kier molecular flexibility index (Phi) is 4.17. The molecule has 1 heterocycles. The third-order valence-electron chi connectivity index (χ3n) is 2.52. The molecule has 0 aliphatic carbocycles. The van der Waals surface area contributed by atoms with Crippen LogP contribution in [0.25, 0.3) is 0 Å². The maximum Gasteiger partial charge on any atom is 0.115 e.